The number of hydrogen-bond acceptors (Lipinski definition) is 3. The van der Waals surface area contributed by atoms with Crippen LogP contribution in [0, 0.1) is 11.5 Å². The van der Waals surface area contributed by atoms with E-state index in [2.05, 4.69) is 31.1 Å². The van der Waals surface area contributed by atoms with E-state index in [0.717, 1.165) is 16.7 Å². The van der Waals surface area contributed by atoms with Gasteiger partial charge in [0.15, 0.2) is 0 Å². The number of carbonyl (C=O) groups is 1. The Balaban J connectivity index is 2.00. The maximum Gasteiger partial charge on any atom is 0.223 e. The van der Waals surface area contributed by atoms with Crippen LogP contribution in [0.3, 0.4) is 0 Å². The number of Topliss-reactive ketones (excluding diaryl/α,β-unsaturated/α-hetero) is 1. The van der Waals surface area contributed by atoms with Gasteiger partial charge in [0.25, 0.3) is 0 Å². The summed E-state index contributed by atoms with van der Waals surface area (Å²) in [6, 6.07) is 5.73. The highest BCUT2D eigenvalue weighted by atomic mass is 28.3. The monoisotopic (exact) mass is 272 g/mol. The van der Waals surface area contributed by atoms with Gasteiger partial charge in [0.2, 0.25) is 12.1 Å². The van der Waals surface area contributed by atoms with Crippen LogP contribution in [0.1, 0.15) is 27.6 Å². The summed E-state index contributed by atoms with van der Waals surface area (Å²) < 4.78 is 10.8. The third-order valence-corrected chi connectivity index (χ3v) is 4.02. The van der Waals surface area contributed by atoms with Crippen LogP contribution < -0.4 is 0 Å². The first-order valence-corrected chi connectivity index (χ1v) is 9.92. The summed E-state index contributed by atoms with van der Waals surface area (Å²) in [5.41, 5.74) is 5.92. The summed E-state index contributed by atoms with van der Waals surface area (Å²) in [5, 5.41) is 0. The van der Waals surface area contributed by atoms with Crippen LogP contribution in [0.2, 0.25) is 19.6 Å². The van der Waals surface area contributed by atoms with Gasteiger partial charge in [-0.3, -0.25) is 4.79 Å². The van der Waals surface area contributed by atoms with Crippen molar-refractivity contribution in [3.8, 4) is 11.5 Å². The first-order chi connectivity index (χ1) is 8.94. The van der Waals surface area contributed by atoms with Crippen molar-refractivity contribution >= 4 is 13.9 Å². The van der Waals surface area contributed by atoms with Gasteiger partial charge in [0, 0.05) is 11.1 Å². The second-order valence-electron chi connectivity index (χ2n) is 5.96. The van der Waals surface area contributed by atoms with Crippen LogP contribution >= 0.6 is 0 Å². The van der Waals surface area contributed by atoms with E-state index in [-0.39, 0.29) is 11.9 Å². The molecule has 0 aliphatic carbocycles. The summed E-state index contributed by atoms with van der Waals surface area (Å²) in [4.78, 5) is 12.0. The topological polar surface area (TPSA) is 35.5 Å². The highest BCUT2D eigenvalue weighted by Crippen LogP contribution is 2.36. The minimum Gasteiger partial charge on any atom is -0.343 e. The molecule has 0 unspecified atom stereocenters. The summed E-state index contributed by atoms with van der Waals surface area (Å²) in [7, 11) is -1.39. The van der Waals surface area contributed by atoms with E-state index in [4.69, 9.17) is 9.47 Å². The zero-order valence-electron chi connectivity index (χ0n) is 11.3. The van der Waals surface area contributed by atoms with Gasteiger partial charge in [0.05, 0.1) is 6.61 Å². The molecule has 1 saturated heterocycles. The van der Waals surface area contributed by atoms with E-state index in [1.165, 1.54) is 0 Å². The maximum atomic E-state index is 12.0. The standard InChI is InChI=1S/C15H16O3Si/c1-19(2,3)7-6-10-4-5-11-12(8-10)13-9-17-15(18-13)14(11)16/h4-5,8,13,15H,9H2,1-3H3/t13-,15-/m1/s1. The predicted molar refractivity (Wildman–Crippen MR) is 74.6 cm³/mol. The minimum atomic E-state index is -1.39. The van der Waals surface area contributed by atoms with Crippen LogP contribution in [0.5, 0.6) is 0 Å². The highest BCUT2D eigenvalue weighted by molar-refractivity contribution is 6.83. The van der Waals surface area contributed by atoms with Crippen LogP contribution in [-0.2, 0) is 9.47 Å². The van der Waals surface area contributed by atoms with Crippen LogP contribution in [-0.4, -0.2) is 26.8 Å². The lowest BCUT2D eigenvalue weighted by molar-refractivity contribution is -0.0404. The van der Waals surface area contributed by atoms with Crippen molar-refractivity contribution in [2.75, 3.05) is 6.61 Å². The van der Waals surface area contributed by atoms with E-state index < -0.39 is 14.4 Å². The molecule has 2 atom stereocenters. The van der Waals surface area contributed by atoms with Crippen LogP contribution in [0.4, 0.5) is 0 Å². The van der Waals surface area contributed by atoms with Crippen molar-refractivity contribution in [2.24, 2.45) is 0 Å². The third kappa shape index (κ3) is 2.37. The van der Waals surface area contributed by atoms with E-state index in [0.29, 0.717) is 6.61 Å². The summed E-state index contributed by atoms with van der Waals surface area (Å²) >= 11 is 0. The van der Waals surface area contributed by atoms with E-state index in [1.807, 2.05) is 18.2 Å². The number of fused-ring (bicyclic) bond motifs is 4. The average Bonchev–Trinajstić information content (AvgIpc) is 2.79. The summed E-state index contributed by atoms with van der Waals surface area (Å²) in [6.45, 7) is 7.08. The van der Waals surface area contributed by atoms with Gasteiger partial charge in [-0.1, -0.05) is 25.6 Å². The summed E-state index contributed by atoms with van der Waals surface area (Å²) in [6.07, 6.45) is -0.817. The molecule has 1 aromatic rings. The maximum absolute atomic E-state index is 12.0. The zero-order valence-corrected chi connectivity index (χ0v) is 12.3. The number of rotatable bonds is 0. The fraction of sp³-hybridized carbons (Fsp3) is 0.400. The average molecular weight is 272 g/mol. The van der Waals surface area contributed by atoms with Gasteiger partial charge in [-0.25, -0.2) is 0 Å². The predicted octanol–water partition coefficient (Wildman–Crippen LogP) is 2.53. The summed E-state index contributed by atoms with van der Waals surface area (Å²) in [5.74, 6) is 3.14. The molecular formula is C15H16O3Si. The molecule has 19 heavy (non-hydrogen) atoms. The highest BCUT2D eigenvalue weighted by Gasteiger charge is 2.40. The molecule has 1 fully saturated rings. The normalized spacial score (nSPS) is 24.7. The Labute approximate surface area is 113 Å². The van der Waals surface area contributed by atoms with Gasteiger partial charge in [0.1, 0.15) is 14.2 Å². The molecular weight excluding hydrogens is 256 g/mol. The molecule has 3 nitrogen and oxygen atoms in total. The number of ether oxygens (including phenoxy) is 2. The van der Waals surface area contributed by atoms with Crippen molar-refractivity contribution < 1.29 is 14.3 Å². The van der Waals surface area contributed by atoms with Crippen molar-refractivity contribution in [2.45, 2.75) is 32.0 Å². The first-order valence-electron chi connectivity index (χ1n) is 6.42. The van der Waals surface area contributed by atoms with Gasteiger partial charge < -0.3 is 9.47 Å². The Morgan fingerprint density at radius 2 is 2.11 bits per heavy atom. The first kappa shape index (κ1) is 12.6. The number of carbonyl (C=O) groups excluding carboxylic acids is 1. The molecule has 2 aliphatic rings. The van der Waals surface area contributed by atoms with Crippen molar-refractivity contribution in [1.29, 1.82) is 0 Å². The van der Waals surface area contributed by atoms with Gasteiger partial charge >= 0.3 is 0 Å². The molecule has 0 aromatic heterocycles. The number of ketones is 1. The van der Waals surface area contributed by atoms with Crippen LogP contribution in [0.15, 0.2) is 18.2 Å². The molecule has 4 heteroatoms. The fourth-order valence-corrected chi connectivity index (χ4v) is 2.74. The van der Waals surface area contributed by atoms with Crippen molar-refractivity contribution in [3.63, 3.8) is 0 Å². The van der Waals surface area contributed by atoms with Gasteiger partial charge in [-0.05, 0) is 23.8 Å². The SMILES string of the molecule is C[Si](C)(C)C#Cc1ccc2c(c1)[C@H]1CO[C@H](O1)C2=O. The molecule has 2 heterocycles. The number of hydrogen-bond donors (Lipinski definition) is 0. The Morgan fingerprint density at radius 1 is 1.32 bits per heavy atom. The molecule has 2 aliphatic heterocycles. The lowest BCUT2D eigenvalue weighted by Crippen LogP contribution is -2.27. The molecule has 98 valence electrons. The quantitative estimate of drug-likeness (QED) is 0.538. The largest absolute Gasteiger partial charge is 0.343 e. The molecule has 0 N–H and O–H groups in total. The number of benzene rings is 1. The minimum absolute atomic E-state index is 0.0755. The second-order valence-corrected chi connectivity index (χ2v) is 10.7. The van der Waals surface area contributed by atoms with Gasteiger partial charge in [-0.15, -0.1) is 5.54 Å². The molecule has 0 saturated carbocycles. The fourth-order valence-electron chi connectivity index (χ4n) is 2.22. The zero-order chi connectivity index (χ0) is 13.6. The van der Waals surface area contributed by atoms with Crippen LogP contribution in [0.25, 0.3) is 0 Å². The van der Waals surface area contributed by atoms with Gasteiger partial charge in [-0.2, -0.15) is 0 Å². The van der Waals surface area contributed by atoms with E-state index >= 15 is 0 Å². The third-order valence-electron chi connectivity index (χ3n) is 3.15. The van der Waals surface area contributed by atoms with E-state index in [9.17, 15) is 4.79 Å². The molecule has 0 radical (unpaired) electrons. The molecule has 0 amide bonds. The molecule has 0 spiro atoms. The molecule has 1 aromatic carbocycles. The molecule has 2 bridgehead atoms. The molecule has 3 rings (SSSR count). The Hall–Kier alpha value is -1.41. The van der Waals surface area contributed by atoms with Crippen molar-refractivity contribution in [1.82, 2.24) is 0 Å². The lowest BCUT2D eigenvalue weighted by atomic mass is 9.95. The van der Waals surface area contributed by atoms with E-state index in [1.54, 1.807) is 0 Å². The lowest BCUT2D eigenvalue weighted by Gasteiger charge is -2.20. The Kier molecular flexibility index (Phi) is 2.86. The Bertz CT molecular complexity index is 604. The Morgan fingerprint density at radius 3 is 2.84 bits per heavy atom. The smallest absolute Gasteiger partial charge is 0.223 e. The second kappa shape index (κ2) is 4.31. The van der Waals surface area contributed by atoms with Crippen molar-refractivity contribution in [3.05, 3.63) is 34.9 Å².